The highest BCUT2D eigenvalue weighted by atomic mass is 15.4. The third kappa shape index (κ3) is 2.91. The number of nitrogens with zero attached hydrogens (tertiary/aromatic N) is 3. The Hall–Kier alpha value is -2.23. The van der Waals surface area contributed by atoms with E-state index in [2.05, 4.69) is 76.2 Å². The van der Waals surface area contributed by atoms with E-state index in [1.165, 1.54) is 45.0 Å². The van der Waals surface area contributed by atoms with Gasteiger partial charge in [-0.2, -0.15) is 5.10 Å². The van der Waals surface area contributed by atoms with E-state index in [0.29, 0.717) is 0 Å². The molecule has 26 heavy (non-hydrogen) atoms. The second-order valence-corrected chi connectivity index (χ2v) is 7.66. The van der Waals surface area contributed by atoms with E-state index in [1.54, 1.807) is 0 Å². The van der Waals surface area contributed by atoms with Crippen molar-refractivity contribution in [2.24, 2.45) is 5.10 Å². The van der Waals surface area contributed by atoms with Gasteiger partial charge in [-0.25, -0.2) is 4.68 Å². The first-order valence-corrected chi connectivity index (χ1v) is 9.59. The third-order valence-corrected chi connectivity index (χ3v) is 6.33. The maximum Gasteiger partial charge on any atom is 0.0859 e. The SMILES string of the molecule is Cc1c(C)c(C)n(/N=C2\CCCC=C2Nn2c(C)c(C)c(C)c2C)c1C. The molecule has 0 bridgehead atoms. The van der Waals surface area contributed by atoms with Crippen LogP contribution in [-0.4, -0.2) is 15.1 Å². The van der Waals surface area contributed by atoms with Crippen LogP contribution in [0.1, 0.15) is 64.3 Å². The average molecular weight is 353 g/mol. The largest absolute Gasteiger partial charge is 0.293 e. The number of rotatable bonds is 3. The van der Waals surface area contributed by atoms with Crippen molar-refractivity contribution in [3.63, 3.8) is 0 Å². The molecule has 0 atom stereocenters. The molecule has 0 unspecified atom stereocenters. The molecule has 2 heterocycles. The van der Waals surface area contributed by atoms with Gasteiger partial charge >= 0.3 is 0 Å². The van der Waals surface area contributed by atoms with Crippen LogP contribution >= 0.6 is 0 Å². The topological polar surface area (TPSA) is 34.2 Å². The zero-order valence-corrected chi connectivity index (χ0v) is 17.5. The summed E-state index contributed by atoms with van der Waals surface area (Å²) in [6.45, 7) is 17.4. The molecule has 1 aliphatic rings. The van der Waals surface area contributed by atoms with Crippen LogP contribution in [0, 0.1) is 55.4 Å². The average Bonchev–Trinajstić information content (AvgIpc) is 2.93. The molecule has 0 spiro atoms. The van der Waals surface area contributed by atoms with E-state index in [4.69, 9.17) is 5.10 Å². The number of allylic oxidation sites excluding steroid dienone is 2. The summed E-state index contributed by atoms with van der Waals surface area (Å²) in [5, 5.41) is 5.05. The van der Waals surface area contributed by atoms with Crippen molar-refractivity contribution in [3.8, 4) is 0 Å². The molecule has 3 rings (SSSR count). The summed E-state index contributed by atoms with van der Waals surface area (Å²) in [5.74, 6) is 0. The van der Waals surface area contributed by atoms with Gasteiger partial charge in [-0.15, -0.1) is 0 Å². The van der Waals surface area contributed by atoms with E-state index in [9.17, 15) is 0 Å². The fraction of sp³-hybridized carbons (Fsp3) is 0.500. The normalized spacial score (nSPS) is 16.3. The molecule has 0 fully saturated rings. The van der Waals surface area contributed by atoms with Crippen molar-refractivity contribution in [1.82, 2.24) is 9.35 Å². The van der Waals surface area contributed by atoms with Crippen LogP contribution in [0.4, 0.5) is 0 Å². The summed E-state index contributed by atoms with van der Waals surface area (Å²) >= 11 is 0. The lowest BCUT2D eigenvalue weighted by molar-refractivity contribution is 0.771. The molecule has 2 aromatic rings. The molecular weight excluding hydrogens is 320 g/mol. The second-order valence-electron chi connectivity index (χ2n) is 7.66. The highest BCUT2D eigenvalue weighted by molar-refractivity contribution is 6.01. The van der Waals surface area contributed by atoms with E-state index in [0.717, 1.165) is 30.7 Å². The van der Waals surface area contributed by atoms with Crippen LogP contribution in [-0.2, 0) is 0 Å². The minimum Gasteiger partial charge on any atom is -0.293 e. The fourth-order valence-electron chi connectivity index (χ4n) is 3.78. The van der Waals surface area contributed by atoms with Crippen LogP contribution in [0.3, 0.4) is 0 Å². The number of aromatic nitrogens is 2. The Morgan fingerprint density at radius 2 is 1.27 bits per heavy atom. The quantitative estimate of drug-likeness (QED) is 0.802. The van der Waals surface area contributed by atoms with Crippen molar-refractivity contribution in [2.75, 3.05) is 5.43 Å². The Bertz CT molecular complexity index is 868. The Labute approximate surface area is 157 Å². The molecule has 140 valence electrons. The first kappa shape index (κ1) is 18.6. The predicted octanol–water partition coefficient (Wildman–Crippen LogP) is 5.27. The van der Waals surface area contributed by atoms with E-state index < -0.39 is 0 Å². The molecule has 2 aromatic heterocycles. The Balaban J connectivity index is 2.02. The van der Waals surface area contributed by atoms with Crippen molar-refractivity contribution < 1.29 is 0 Å². The minimum atomic E-state index is 1.01. The maximum absolute atomic E-state index is 5.05. The molecule has 0 saturated heterocycles. The number of hydrogen-bond acceptors (Lipinski definition) is 2. The van der Waals surface area contributed by atoms with Gasteiger partial charge in [0.1, 0.15) is 0 Å². The van der Waals surface area contributed by atoms with Crippen LogP contribution < -0.4 is 5.43 Å². The summed E-state index contributed by atoms with van der Waals surface area (Å²) in [6.07, 6.45) is 5.55. The first-order valence-electron chi connectivity index (χ1n) is 9.59. The summed E-state index contributed by atoms with van der Waals surface area (Å²) in [6, 6.07) is 0. The fourth-order valence-corrected chi connectivity index (χ4v) is 3.78. The molecule has 0 radical (unpaired) electrons. The van der Waals surface area contributed by atoms with Crippen LogP contribution in [0.2, 0.25) is 0 Å². The van der Waals surface area contributed by atoms with Crippen LogP contribution in [0.5, 0.6) is 0 Å². The highest BCUT2D eigenvalue weighted by Crippen LogP contribution is 2.24. The smallest absolute Gasteiger partial charge is 0.0859 e. The summed E-state index contributed by atoms with van der Waals surface area (Å²) in [7, 11) is 0. The van der Waals surface area contributed by atoms with E-state index in [-0.39, 0.29) is 0 Å². The zero-order chi connectivity index (χ0) is 19.2. The number of nitrogens with one attached hydrogen (secondary N) is 1. The van der Waals surface area contributed by atoms with E-state index in [1.807, 2.05) is 0 Å². The molecular formula is C22H32N4. The van der Waals surface area contributed by atoms with Gasteiger partial charge in [-0.05, 0) is 96.9 Å². The standard InChI is InChI=1S/C22H32N4/c1-13-14(2)18(6)25(17(13)5)23-21-11-9-10-12-22(21)24-26-19(7)15(3)16(4)20(26)8/h11,23H,9-10,12H2,1-8H3/b24-22+. The molecule has 0 amide bonds. The molecule has 0 aromatic carbocycles. The Morgan fingerprint density at radius 3 is 1.81 bits per heavy atom. The lowest BCUT2D eigenvalue weighted by Gasteiger charge is -2.21. The highest BCUT2D eigenvalue weighted by Gasteiger charge is 2.18. The van der Waals surface area contributed by atoms with Gasteiger partial charge in [0.25, 0.3) is 0 Å². The third-order valence-electron chi connectivity index (χ3n) is 6.33. The molecule has 0 saturated carbocycles. The molecule has 1 aliphatic carbocycles. The van der Waals surface area contributed by atoms with Gasteiger partial charge < -0.3 is 0 Å². The second kappa shape index (κ2) is 6.82. The summed E-state index contributed by atoms with van der Waals surface area (Å²) < 4.78 is 4.33. The van der Waals surface area contributed by atoms with Crippen molar-refractivity contribution in [1.29, 1.82) is 0 Å². The van der Waals surface area contributed by atoms with Crippen molar-refractivity contribution in [2.45, 2.75) is 74.7 Å². The van der Waals surface area contributed by atoms with Gasteiger partial charge in [0.15, 0.2) is 0 Å². The lowest BCUT2D eigenvalue weighted by Crippen LogP contribution is -2.25. The Morgan fingerprint density at radius 1 is 0.769 bits per heavy atom. The number of hydrogen-bond donors (Lipinski definition) is 1. The monoisotopic (exact) mass is 352 g/mol. The van der Waals surface area contributed by atoms with Crippen molar-refractivity contribution >= 4 is 5.71 Å². The predicted molar refractivity (Wildman–Crippen MR) is 111 cm³/mol. The lowest BCUT2D eigenvalue weighted by atomic mass is 10.0. The van der Waals surface area contributed by atoms with Gasteiger partial charge in [0.2, 0.25) is 0 Å². The van der Waals surface area contributed by atoms with Gasteiger partial charge in [0.05, 0.1) is 11.4 Å². The van der Waals surface area contributed by atoms with Gasteiger partial charge in [-0.3, -0.25) is 10.1 Å². The Kier molecular flexibility index (Phi) is 4.87. The minimum absolute atomic E-state index is 1.01. The first-order chi connectivity index (χ1) is 12.2. The summed E-state index contributed by atoms with van der Waals surface area (Å²) in [4.78, 5) is 0. The molecule has 4 heteroatoms. The van der Waals surface area contributed by atoms with Crippen molar-refractivity contribution in [3.05, 3.63) is 56.8 Å². The molecule has 4 nitrogen and oxygen atoms in total. The van der Waals surface area contributed by atoms with Gasteiger partial charge in [0, 0.05) is 22.8 Å². The van der Waals surface area contributed by atoms with E-state index >= 15 is 0 Å². The maximum atomic E-state index is 5.05. The molecule has 0 aliphatic heterocycles. The van der Waals surface area contributed by atoms with Crippen LogP contribution in [0.25, 0.3) is 0 Å². The summed E-state index contributed by atoms with van der Waals surface area (Å²) in [5.41, 5.74) is 16.3. The van der Waals surface area contributed by atoms with Crippen LogP contribution in [0.15, 0.2) is 16.9 Å². The molecule has 1 N–H and O–H groups in total. The van der Waals surface area contributed by atoms with Gasteiger partial charge in [-0.1, -0.05) is 6.08 Å². The zero-order valence-electron chi connectivity index (χ0n) is 17.5.